The number of carboxylic acids is 1. The molecular formula is C13H13ClO3. The Morgan fingerprint density at radius 3 is 2.88 bits per heavy atom. The fourth-order valence-electron chi connectivity index (χ4n) is 2.01. The van der Waals surface area contributed by atoms with E-state index in [0.717, 1.165) is 11.1 Å². The third kappa shape index (κ3) is 2.61. The molecule has 0 fully saturated rings. The SMILES string of the molecule is CC1(C)C/C(=C\C(=O)O)c2cc(Cl)ccc2O1. The summed E-state index contributed by atoms with van der Waals surface area (Å²) in [4.78, 5) is 10.8. The van der Waals surface area contributed by atoms with Crippen molar-refractivity contribution in [2.24, 2.45) is 0 Å². The molecule has 0 aromatic heterocycles. The summed E-state index contributed by atoms with van der Waals surface area (Å²) in [6.07, 6.45) is 1.77. The van der Waals surface area contributed by atoms with Crippen LogP contribution >= 0.6 is 11.6 Å². The molecular weight excluding hydrogens is 240 g/mol. The zero-order valence-electron chi connectivity index (χ0n) is 9.66. The molecule has 0 saturated carbocycles. The van der Waals surface area contributed by atoms with Crippen LogP contribution in [0.1, 0.15) is 25.8 Å². The number of hydrogen-bond donors (Lipinski definition) is 1. The van der Waals surface area contributed by atoms with Crippen molar-refractivity contribution in [1.82, 2.24) is 0 Å². The average Bonchev–Trinajstić information content (AvgIpc) is 2.17. The number of fused-ring (bicyclic) bond motifs is 1. The number of carboxylic acid groups (broad SMARTS) is 1. The highest BCUT2D eigenvalue weighted by Gasteiger charge is 2.30. The van der Waals surface area contributed by atoms with E-state index in [1.54, 1.807) is 18.2 Å². The van der Waals surface area contributed by atoms with Gasteiger partial charge in [-0.15, -0.1) is 0 Å². The standard InChI is InChI=1S/C13H13ClO3/c1-13(2)7-8(5-12(15)16)10-6-9(14)3-4-11(10)17-13/h3-6H,7H2,1-2H3,(H,15,16)/b8-5+. The molecule has 0 unspecified atom stereocenters. The Morgan fingerprint density at radius 2 is 2.24 bits per heavy atom. The Kier molecular flexibility index (Phi) is 2.87. The lowest BCUT2D eigenvalue weighted by atomic mass is 9.89. The minimum absolute atomic E-state index is 0.401. The van der Waals surface area contributed by atoms with E-state index in [1.165, 1.54) is 6.08 Å². The normalized spacial score (nSPS) is 19.6. The van der Waals surface area contributed by atoms with Gasteiger partial charge in [0.15, 0.2) is 0 Å². The van der Waals surface area contributed by atoms with Crippen molar-refractivity contribution in [3.8, 4) is 5.75 Å². The van der Waals surface area contributed by atoms with Crippen LogP contribution in [0.25, 0.3) is 5.57 Å². The van der Waals surface area contributed by atoms with Crippen LogP contribution in [0.5, 0.6) is 5.75 Å². The van der Waals surface area contributed by atoms with Crippen molar-refractivity contribution >= 4 is 23.1 Å². The van der Waals surface area contributed by atoms with Gasteiger partial charge in [-0.2, -0.15) is 0 Å². The Hall–Kier alpha value is -1.48. The maximum absolute atomic E-state index is 10.8. The molecule has 90 valence electrons. The molecule has 1 aromatic rings. The Balaban J connectivity index is 2.56. The first kappa shape index (κ1) is 12.0. The maximum atomic E-state index is 10.8. The van der Waals surface area contributed by atoms with Gasteiger partial charge in [-0.3, -0.25) is 0 Å². The molecule has 0 radical (unpaired) electrons. The molecule has 1 aromatic carbocycles. The molecule has 17 heavy (non-hydrogen) atoms. The number of benzene rings is 1. The van der Waals surface area contributed by atoms with Crippen molar-refractivity contribution in [2.75, 3.05) is 0 Å². The number of aliphatic carboxylic acids is 1. The molecule has 1 aliphatic rings. The Labute approximate surface area is 105 Å². The summed E-state index contributed by atoms with van der Waals surface area (Å²) in [5, 5.41) is 9.45. The monoisotopic (exact) mass is 252 g/mol. The first-order valence-corrected chi connectivity index (χ1v) is 5.68. The average molecular weight is 253 g/mol. The van der Waals surface area contributed by atoms with Gasteiger partial charge in [0.25, 0.3) is 0 Å². The molecule has 3 nitrogen and oxygen atoms in total. The summed E-state index contributed by atoms with van der Waals surface area (Å²) in [7, 11) is 0. The second kappa shape index (κ2) is 4.08. The van der Waals surface area contributed by atoms with Crippen LogP contribution in [0.4, 0.5) is 0 Å². The first-order valence-electron chi connectivity index (χ1n) is 5.30. The van der Waals surface area contributed by atoms with Crippen LogP contribution in [-0.2, 0) is 4.79 Å². The summed E-state index contributed by atoms with van der Waals surface area (Å²) in [5.74, 6) is -0.276. The zero-order valence-corrected chi connectivity index (χ0v) is 10.4. The summed E-state index contributed by atoms with van der Waals surface area (Å²) in [6.45, 7) is 3.86. The number of hydrogen-bond acceptors (Lipinski definition) is 2. The molecule has 0 saturated heterocycles. The number of halogens is 1. The van der Waals surface area contributed by atoms with E-state index in [4.69, 9.17) is 21.4 Å². The van der Waals surface area contributed by atoms with E-state index in [9.17, 15) is 4.79 Å². The van der Waals surface area contributed by atoms with Gasteiger partial charge in [-0.25, -0.2) is 4.79 Å². The van der Waals surface area contributed by atoms with E-state index < -0.39 is 11.6 Å². The Bertz CT molecular complexity index is 503. The second-order valence-corrected chi connectivity index (χ2v) is 5.12. The van der Waals surface area contributed by atoms with Gasteiger partial charge >= 0.3 is 5.97 Å². The minimum Gasteiger partial charge on any atom is -0.487 e. The van der Waals surface area contributed by atoms with Crippen LogP contribution in [-0.4, -0.2) is 16.7 Å². The van der Waals surface area contributed by atoms with Gasteiger partial charge in [-0.05, 0) is 37.6 Å². The second-order valence-electron chi connectivity index (χ2n) is 4.69. The van der Waals surface area contributed by atoms with Crippen molar-refractivity contribution in [2.45, 2.75) is 25.9 Å². The van der Waals surface area contributed by atoms with Gasteiger partial charge in [0.2, 0.25) is 0 Å². The van der Waals surface area contributed by atoms with Crippen molar-refractivity contribution in [1.29, 1.82) is 0 Å². The van der Waals surface area contributed by atoms with E-state index >= 15 is 0 Å². The molecule has 4 heteroatoms. The molecule has 0 bridgehead atoms. The summed E-state index contributed by atoms with van der Waals surface area (Å²) >= 11 is 5.92. The molecule has 0 aliphatic carbocycles. The highest BCUT2D eigenvalue weighted by atomic mass is 35.5. The molecule has 1 aliphatic heterocycles. The van der Waals surface area contributed by atoms with E-state index in [2.05, 4.69) is 0 Å². The molecule has 2 rings (SSSR count). The first-order chi connectivity index (χ1) is 7.87. The lowest BCUT2D eigenvalue weighted by Crippen LogP contribution is -2.32. The van der Waals surface area contributed by atoms with Crippen LogP contribution in [0.15, 0.2) is 24.3 Å². The fraction of sp³-hybridized carbons (Fsp3) is 0.308. The highest BCUT2D eigenvalue weighted by Crippen LogP contribution is 2.41. The Morgan fingerprint density at radius 1 is 1.53 bits per heavy atom. The minimum atomic E-state index is -0.955. The van der Waals surface area contributed by atoms with Gasteiger partial charge in [-0.1, -0.05) is 11.6 Å². The van der Waals surface area contributed by atoms with E-state index in [-0.39, 0.29) is 0 Å². The van der Waals surface area contributed by atoms with Crippen LogP contribution in [0, 0.1) is 0 Å². The van der Waals surface area contributed by atoms with Gasteiger partial charge in [0, 0.05) is 23.1 Å². The molecule has 0 amide bonds. The van der Waals surface area contributed by atoms with Crippen LogP contribution < -0.4 is 4.74 Å². The number of ether oxygens (including phenoxy) is 1. The molecule has 0 spiro atoms. The predicted octanol–water partition coefficient (Wildman–Crippen LogP) is 3.37. The molecule has 0 atom stereocenters. The van der Waals surface area contributed by atoms with E-state index in [1.807, 2.05) is 13.8 Å². The topological polar surface area (TPSA) is 46.5 Å². The lowest BCUT2D eigenvalue weighted by molar-refractivity contribution is -0.131. The quantitative estimate of drug-likeness (QED) is 0.780. The van der Waals surface area contributed by atoms with Crippen LogP contribution in [0.2, 0.25) is 5.02 Å². The zero-order chi connectivity index (χ0) is 12.6. The van der Waals surface area contributed by atoms with Crippen molar-refractivity contribution in [3.63, 3.8) is 0 Å². The summed E-state index contributed by atoms with van der Waals surface area (Å²) in [6, 6.07) is 5.25. The number of rotatable bonds is 1. The maximum Gasteiger partial charge on any atom is 0.328 e. The van der Waals surface area contributed by atoms with Gasteiger partial charge in [0.05, 0.1) is 0 Å². The number of carbonyl (C=O) groups is 1. The van der Waals surface area contributed by atoms with E-state index in [0.29, 0.717) is 17.2 Å². The van der Waals surface area contributed by atoms with Crippen LogP contribution in [0.3, 0.4) is 0 Å². The third-order valence-corrected chi connectivity index (χ3v) is 2.82. The van der Waals surface area contributed by atoms with Crippen molar-refractivity contribution in [3.05, 3.63) is 34.9 Å². The largest absolute Gasteiger partial charge is 0.487 e. The summed E-state index contributed by atoms with van der Waals surface area (Å²) < 4.78 is 5.79. The fourth-order valence-corrected chi connectivity index (χ4v) is 2.18. The van der Waals surface area contributed by atoms with Gasteiger partial charge < -0.3 is 9.84 Å². The summed E-state index contributed by atoms with van der Waals surface area (Å²) in [5.41, 5.74) is 1.10. The lowest BCUT2D eigenvalue weighted by Gasteiger charge is -2.34. The molecule has 1 heterocycles. The van der Waals surface area contributed by atoms with Crippen molar-refractivity contribution < 1.29 is 14.6 Å². The third-order valence-electron chi connectivity index (χ3n) is 2.59. The smallest absolute Gasteiger partial charge is 0.328 e. The highest BCUT2D eigenvalue weighted by molar-refractivity contribution is 6.30. The molecule has 1 N–H and O–H groups in total. The predicted molar refractivity (Wildman–Crippen MR) is 66.4 cm³/mol. The van der Waals surface area contributed by atoms with Gasteiger partial charge in [0.1, 0.15) is 11.4 Å².